The molecule has 70 valence electrons. The molecule has 0 amide bonds. The summed E-state index contributed by atoms with van der Waals surface area (Å²) >= 11 is 5.23. The predicted octanol–water partition coefficient (Wildman–Crippen LogP) is 2.25. The van der Waals surface area contributed by atoms with Crippen LogP contribution in [0.1, 0.15) is 13.8 Å². The minimum Gasteiger partial charge on any atom is -0.463 e. The van der Waals surface area contributed by atoms with Gasteiger partial charge in [-0.15, -0.1) is 0 Å². The van der Waals surface area contributed by atoms with E-state index in [1.54, 1.807) is 13.8 Å². The summed E-state index contributed by atoms with van der Waals surface area (Å²) in [7, 11) is 0. The van der Waals surface area contributed by atoms with Gasteiger partial charge in [-0.3, -0.25) is 0 Å². The van der Waals surface area contributed by atoms with Crippen molar-refractivity contribution in [3.8, 4) is 11.8 Å². The molecule has 0 aromatic carbocycles. The van der Waals surface area contributed by atoms with Crippen LogP contribution in [0.25, 0.3) is 0 Å². The number of esters is 1. The molecule has 3 heteroatoms. The lowest BCUT2D eigenvalue weighted by molar-refractivity contribution is -0.138. The maximum atomic E-state index is 11.0. The first kappa shape index (κ1) is 11.8. The van der Waals surface area contributed by atoms with E-state index < -0.39 is 0 Å². The third kappa shape index (κ3) is 6.01. The van der Waals surface area contributed by atoms with Gasteiger partial charge >= 0.3 is 5.97 Å². The number of carbonyl (C=O) groups excluding carboxylic acids is 1. The summed E-state index contributed by atoms with van der Waals surface area (Å²) in [6.45, 7) is 3.78. The number of halogens is 1. The first-order valence-electron chi connectivity index (χ1n) is 3.82. The van der Waals surface area contributed by atoms with Crippen molar-refractivity contribution in [2.75, 3.05) is 6.61 Å². The number of ether oxygens (including phenoxy) is 1. The number of carbonyl (C=O) groups is 1. The van der Waals surface area contributed by atoms with Crippen LogP contribution in [0.4, 0.5) is 0 Å². The van der Waals surface area contributed by atoms with Crippen molar-refractivity contribution in [1.29, 1.82) is 0 Å². The Labute approximate surface area is 83.2 Å². The normalized spacial score (nSPS) is 10.8. The molecule has 0 aliphatic rings. The van der Waals surface area contributed by atoms with Crippen LogP contribution in [0, 0.1) is 11.8 Å². The topological polar surface area (TPSA) is 26.3 Å². The highest BCUT2D eigenvalue weighted by molar-refractivity contribution is 6.25. The Morgan fingerprint density at radius 3 is 2.77 bits per heavy atom. The highest BCUT2D eigenvalue weighted by atomic mass is 35.5. The zero-order valence-corrected chi connectivity index (χ0v) is 8.39. The monoisotopic (exact) mass is 198 g/mol. The predicted molar refractivity (Wildman–Crippen MR) is 53.2 cm³/mol. The van der Waals surface area contributed by atoms with E-state index in [-0.39, 0.29) is 5.97 Å². The largest absolute Gasteiger partial charge is 0.463 e. The second-order valence-corrected chi connectivity index (χ2v) is 2.38. The van der Waals surface area contributed by atoms with Gasteiger partial charge in [-0.25, -0.2) is 4.79 Å². The summed E-state index contributed by atoms with van der Waals surface area (Å²) in [5.74, 6) is 4.92. The lowest BCUT2D eigenvalue weighted by Crippen LogP contribution is -2.04. The van der Waals surface area contributed by atoms with Crippen molar-refractivity contribution in [3.05, 3.63) is 23.3 Å². The van der Waals surface area contributed by atoms with Crippen LogP contribution in [0.3, 0.4) is 0 Å². The first-order chi connectivity index (χ1) is 6.22. The number of hydrogen-bond donors (Lipinski definition) is 0. The number of allylic oxidation sites excluding steroid dienone is 2. The summed E-state index contributed by atoms with van der Waals surface area (Å²) in [6.07, 6.45) is 2.98. The van der Waals surface area contributed by atoms with Gasteiger partial charge in [0.15, 0.2) is 0 Å². The molecule has 13 heavy (non-hydrogen) atoms. The molecule has 0 rings (SSSR count). The van der Waals surface area contributed by atoms with E-state index in [4.69, 9.17) is 16.3 Å². The van der Waals surface area contributed by atoms with Crippen molar-refractivity contribution in [2.24, 2.45) is 0 Å². The Morgan fingerprint density at radius 1 is 1.54 bits per heavy atom. The van der Waals surface area contributed by atoms with Crippen LogP contribution in [-0.2, 0) is 9.53 Å². The number of hydrogen-bond acceptors (Lipinski definition) is 2. The van der Waals surface area contributed by atoms with Gasteiger partial charge in [0.05, 0.1) is 6.61 Å². The van der Waals surface area contributed by atoms with Gasteiger partial charge in [0.1, 0.15) is 0 Å². The van der Waals surface area contributed by atoms with Crippen LogP contribution in [0.15, 0.2) is 23.3 Å². The van der Waals surface area contributed by atoms with Crippen molar-refractivity contribution >= 4 is 17.6 Å². The third-order valence-electron chi connectivity index (χ3n) is 1.12. The van der Waals surface area contributed by atoms with Gasteiger partial charge < -0.3 is 4.74 Å². The SMILES string of the molecule is CCOC(=O)/C(C)=C/C#C/C=C\Cl. The number of rotatable bonds is 2. The van der Waals surface area contributed by atoms with Crippen LogP contribution in [0.2, 0.25) is 0 Å². The smallest absolute Gasteiger partial charge is 0.334 e. The quantitative estimate of drug-likeness (QED) is 0.387. The summed E-state index contributed by atoms with van der Waals surface area (Å²) in [5, 5.41) is 0. The molecule has 0 aliphatic heterocycles. The molecule has 0 aromatic rings. The minimum absolute atomic E-state index is 0.341. The second-order valence-electron chi connectivity index (χ2n) is 2.13. The Balaban J connectivity index is 4.18. The maximum absolute atomic E-state index is 11.0. The van der Waals surface area contributed by atoms with E-state index in [1.807, 2.05) is 0 Å². The van der Waals surface area contributed by atoms with Crippen LogP contribution >= 0.6 is 11.6 Å². The first-order valence-corrected chi connectivity index (χ1v) is 4.26. The Morgan fingerprint density at radius 2 is 2.23 bits per heavy atom. The van der Waals surface area contributed by atoms with E-state index in [2.05, 4.69) is 11.8 Å². The van der Waals surface area contributed by atoms with Gasteiger partial charge in [-0.1, -0.05) is 23.4 Å². The van der Waals surface area contributed by atoms with Gasteiger partial charge in [-0.2, -0.15) is 0 Å². The standard InChI is InChI=1S/C10H11ClO2/c1-3-13-10(12)9(2)7-5-4-6-8-11/h6-8H,3H2,1-2H3/b8-6-,9-7+. The van der Waals surface area contributed by atoms with Gasteiger partial charge in [-0.05, 0) is 26.0 Å². The zero-order valence-electron chi connectivity index (χ0n) is 7.63. The van der Waals surface area contributed by atoms with Crippen LogP contribution < -0.4 is 0 Å². The molecule has 0 aromatic heterocycles. The van der Waals surface area contributed by atoms with E-state index in [0.717, 1.165) is 0 Å². The Bertz CT molecular complexity index is 279. The molecule has 0 radical (unpaired) electrons. The third-order valence-corrected chi connectivity index (χ3v) is 1.24. The molecule has 0 saturated carbocycles. The molecular weight excluding hydrogens is 188 g/mol. The Hall–Kier alpha value is -1.20. The van der Waals surface area contributed by atoms with E-state index in [0.29, 0.717) is 12.2 Å². The fraction of sp³-hybridized carbons (Fsp3) is 0.300. The van der Waals surface area contributed by atoms with Crippen molar-refractivity contribution in [2.45, 2.75) is 13.8 Å². The van der Waals surface area contributed by atoms with E-state index in [9.17, 15) is 4.79 Å². The van der Waals surface area contributed by atoms with Gasteiger partial charge in [0.25, 0.3) is 0 Å². The second kappa shape index (κ2) is 7.45. The minimum atomic E-state index is -0.341. The summed E-state index contributed by atoms with van der Waals surface area (Å²) in [4.78, 5) is 11.0. The molecule has 0 saturated heterocycles. The molecular formula is C10H11ClO2. The van der Waals surface area contributed by atoms with Gasteiger partial charge in [0, 0.05) is 11.1 Å². The fourth-order valence-electron chi connectivity index (χ4n) is 0.533. The molecule has 0 heterocycles. The van der Waals surface area contributed by atoms with Crippen LogP contribution in [0.5, 0.6) is 0 Å². The Kier molecular flexibility index (Phi) is 6.76. The average Bonchev–Trinajstić information content (AvgIpc) is 2.12. The van der Waals surface area contributed by atoms with Crippen molar-refractivity contribution < 1.29 is 9.53 Å². The molecule has 0 bridgehead atoms. The summed E-state index contributed by atoms with van der Waals surface area (Å²) < 4.78 is 4.74. The molecule has 0 spiro atoms. The van der Waals surface area contributed by atoms with Gasteiger partial charge in [0.2, 0.25) is 0 Å². The average molecular weight is 199 g/mol. The lowest BCUT2D eigenvalue weighted by Gasteiger charge is -1.98. The van der Waals surface area contributed by atoms with E-state index >= 15 is 0 Å². The van der Waals surface area contributed by atoms with Crippen molar-refractivity contribution in [1.82, 2.24) is 0 Å². The maximum Gasteiger partial charge on any atom is 0.334 e. The molecule has 0 aliphatic carbocycles. The molecule has 0 atom stereocenters. The van der Waals surface area contributed by atoms with E-state index in [1.165, 1.54) is 17.7 Å². The molecule has 2 nitrogen and oxygen atoms in total. The highest BCUT2D eigenvalue weighted by Crippen LogP contribution is 1.94. The summed E-state index contributed by atoms with van der Waals surface area (Å²) in [5.41, 5.74) is 1.79. The molecule has 0 unspecified atom stereocenters. The zero-order chi connectivity index (χ0) is 10.1. The molecule has 0 N–H and O–H groups in total. The van der Waals surface area contributed by atoms with Crippen molar-refractivity contribution in [3.63, 3.8) is 0 Å². The molecule has 0 fully saturated rings. The van der Waals surface area contributed by atoms with Crippen LogP contribution in [-0.4, -0.2) is 12.6 Å². The lowest BCUT2D eigenvalue weighted by atomic mass is 10.3. The summed E-state index contributed by atoms with van der Waals surface area (Å²) in [6, 6.07) is 0. The highest BCUT2D eigenvalue weighted by Gasteiger charge is 2.01. The fourth-order valence-corrected chi connectivity index (χ4v) is 0.596.